The second-order valence-electron chi connectivity index (χ2n) is 3.72. The van der Waals surface area contributed by atoms with Gasteiger partial charge in [-0.05, 0) is 30.5 Å². The summed E-state index contributed by atoms with van der Waals surface area (Å²) in [5.74, 6) is 0. The van der Waals surface area contributed by atoms with Crippen LogP contribution in [0.5, 0.6) is 0 Å². The smallest absolute Gasteiger partial charge is 0.0968 e. The van der Waals surface area contributed by atoms with Crippen LogP contribution in [0.2, 0.25) is 0 Å². The first kappa shape index (κ1) is 12.8. The number of halogens is 1. The van der Waals surface area contributed by atoms with Crippen LogP contribution in [0.4, 0.5) is 0 Å². The van der Waals surface area contributed by atoms with Crippen molar-refractivity contribution in [1.29, 1.82) is 5.26 Å². The molecule has 1 rings (SSSR count). The number of rotatable bonds is 3. The summed E-state index contributed by atoms with van der Waals surface area (Å²) in [5.41, 5.74) is 9.31. The molecule has 0 aromatic heterocycles. The molecule has 84 valence electrons. The number of hydrogen-bond acceptors (Lipinski definition) is 2. The zero-order chi connectivity index (χ0) is 12.1. The lowest BCUT2D eigenvalue weighted by Crippen LogP contribution is -2.01. The van der Waals surface area contributed by atoms with Gasteiger partial charge in [-0.1, -0.05) is 41.4 Å². The predicted molar refractivity (Wildman–Crippen MR) is 70.5 cm³/mol. The predicted octanol–water partition coefficient (Wildman–Crippen LogP) is 3.75. The number of allylic oxidation sites excluding steroid dienone is 1. The third-order valence-corrected chi connectivity index (χ3v) is 3.30. The highest BCUT2D eigenvalue weighted by Crippen LogP contribution is 2.23. The third kappa shape index (κ3) is 2.86. The number of nitrogens with zero attached hydrogens (tertiary/aromatic N) is 1. The van der Waals surface area contributed by atoms with Crippen molar-refractivity contribution in [1.82, 2.24) is 0 Å². The molecule has 0 aliphatic rings. The Hall–Kier alpha value is -1.27. The molecule has 0 saturated carbocycles. The third-order valence-electron chi connectivity index (χ3n) is 2.44. The number of hydrogen-bond donors (Lipinski definition) is 1. The average molecular weight is 279 g/mol. The van der Waals surface area contributed by atoms with Gasteiger partial charge >= 0.3 is 0 Å². The first-order valence-corrected chi connectivity index (χ1v) is 6.04. The van der Waals surface area contributed by atoms with Gasteiger partial charge in [-0.15, -0.1) is 0 Å². The van der Waals surface area contributed by atoms with Crippen molar-refractivity contribution >= 4 is 21.6 Å². The number of nitrogens with two attached hydrogens (primary N) is 1. The van der Waals surface area contributed by atoms with Gasteiger partial charge in [0, 0.05) is 4.47 Å². The van der Waals surface area contributed by atoms with E-state index < -0.39 is 0 Å². The van der Waals surface area contributed by atoms with Crippen LogP contribution in [0.15, 0.2) is 28.2 Å². The highest BCUT2D eigenvalue weighted by molar-refractivity contribution is 9.10. The second-order valence-corrected chi connectivity index (χ2v) is 4.57. The van der Waals surface area contributed by atoms with E-state index in [0.29, 0.717) is 11.3 Å². The first-order chi connectivity index (χ1) is 7.60. The van der Waals surface area contributed by atoms with E-state index >= 15 is 0 Å². The fraction of sp³-hybridized carbons (Fsp3) is 0.308. The SMILES string of the molecule is CCC/C(C#N)=C(/N)c1ccc(C)c(Br)c1. The lowest BCUT2D eigenvalue weighted by Gasteiger charge is -2.07. The Balaban J connectivity index is 3.17. The molecule has 1 aromatic rings. The normalized spacial score (nSPS) is 11.9. The molecule has 0 radical (unpaired) electrons. The summed E-state index contributed by atoms with van der Waals surface area (Å²) in [6.45, 7) is 4.06. The van der Waals surface area contributed by atoms with Gasteiger partial charge in [0.25, 0.3) is 0 Å². The van der Waals surface area contributed by atoms with E-state index in [4.69, 9.17) is 11.0 Å². The molecular formula is C13H15BrN2. The van der Waals surface area contributed by atoms with E-state index in [-0.39, 0.29) is 0 Å². The fourth-order valence-electron chi connectivity index (χ4n) is 1.44. The minimum absolute atomic E-state index is 0.588. The Morgan fingerprint density at radius 3 is 2.69 bits per heavy atom. The van der Waals surface area contributed by atoms with Crippen molar-refractivity contribution in [2.75, 3.05) is 0 Å². The molecule has 0 unspecified atom stereocenters. The molecule has 0 heterocycles. The molecule has 0 aliphatic carbocycles. The van der Waals surface area contributed by atoms with Crippen molar-refractivity contribution in [3.8, 4) is 6.07 Å². The quantitative estimate of drug-likeness (QED) is 0.856. The van der Waals surface area contributed by atoms with Gasteiger partial charge in [-0.2, -0.15) is 5.26 Å². The first-order valence-electron chi connectivity index (χ1n) is 5.25. The fourth-order valence-corrected chi connectivity index (χ4v) is 1.81. The van der Waals surface area contributed by atoms with Crippen molar-refractivity contribution in [2.45, 2.75) is 26.7 Å². The number of aryl methyl sites for hydroxylation is 1. The van der Waals surface area contributed by atoms with Gasteiger partial charge in [-0.25, -0.2) is 0 Å². The van der Waals surface area contributed by atoms with Crippen LogP contribution in [0, 0.1) is 18.3 Å². The minimum Gasteiger partial charge on any atom is -0.397 e. The van der Waals surface area contributed by atoms with E-state index in [9.17, 15) is 0 Å². The van der Waals surface area contributed by atoms with Crippen molar-refractivity contribution in [2.24, 2.45) is 5.73 Å². The van der Waals surface area contributed by atoms with Crippen molar-refractivity contribution in [3.05, 3.63) is 39.4 Å². The molecule has 0 spiro atoms. The zero-order valence-electron chi connectivity index (χ0n) is 9.55. The summed E-state index contributed by atoms with van der Waals surface area (Å²) in [6, 6.07) is 8.07. The van der Waals surface area contributed by atoms with E-state index in [1.165, 1.54) is 0 Å². The van der Waals surface area contributed by atoms with Crippen molar-refractivity contribution < 1.29 is 0 Å². The Kier molecular flexibility index (Phi) is 4.57. The van der Waals surface area contributed by atoms with E-state index in [2.05, 4.69) is 22.0 Å². The maximum Gasteiger partial charge on any atom is 0.0968 e. The molecule has 0 bridgehead atoms. The Bertz CT molecular complexity index is 455. The highest BCUT2D eigenvalue weighted by Gasteiger charge is 2.06. The van der Waals surface area contributed by atoms with E-state index in [1.807, 2.05) is 32.0 Å². The topological polar surface area (TPSA) is 49.8 Å². The van der Waals surface area contributed by atoms with Crippen LogP contribution < -0.4 is 5.73 Å². The van der Waals surface area contributed by atoms with Gasteiger partial charge in [0.15, 0.2) is 0 Å². The molecule has 2 nitrogen and oxygen atoms in total. The largest absolute Gasteiger partial charge is 0.397 e. The van der Waals surface area contributed by atoms with Gasteiger partial charge in [0.2, 0.25) is 0 Å². The molecule has 16 heavy (non-hydrogen) atoms. The maximum absolute atomic E-state index is 9.01. The molecule has 1 aromatic carbocycles. The summed E-state index contributed by atoms with van der Waals surface area (Å²) in [6.07, 6.45) is 1.66. The summed E-state index contributed by atoms with van der Waals surface area (Å²) in [5, 5.41) is 9.01. The van der Waals surface area contributed by atoms with Crippen LogP contribution in [0.1, 0.15) is 30.9 Å². The molecule has 0 fully saturated rings. The zero-order valence-corrected chi connectivity index (χ0v) is 11.1. The highest BCUT2D eigenvalue weighted by atomic mass is 79.9. The van der Waals surface area contributed by atoms with Crippen LogP contribution in [-0.4, -0.2) is 0 Å². The molecule has 0 saturated heterocycles. The van der Waals surface area contributed by atoms with Crippen molar-refractivity contribution in [3.63, 3.8) is 0 Å². The minimum atomic E-state index is 0.588. The van der Waals surface area contributed by atoms with Gasteiger partial charge < -0.3 is 5.73 Å². The summed E-state index contributed by atoms with van der Waals surface area (Å²) in [7, 11) is 0. The lowest BCUT2D eigenvalue weighted by molar-refractivity contribution is 0.929. The molecule has 0 amide bonds. The Labute approximate surface area is 105 Å². The van der Waals surface area contributed by atoms with E-state index in [1.54, 1.807) is 0 Å². The van der Waals surface area contributed by atoms with Crippen LogP contribution in [0.3, 0.4) is 0 Å². The standard InChI is InChI=1S/C13H15BrN2/c1-3-4-11(8-15)13(16)10-6-5-9(2)12(14)7-10/h5-7H,3-4,16H2,1-2H3/b13-11-. The monoisotopic (exact) mass is 278 g/mol. The molecule has 0 atom stereocenters. The van der Waals surface area contributed by atoms with Gasteiger partial charge in [-0.3, -0.25) is 0 Å². The molecule has 0 aliphatic heterocycles. The second kappa shape index (κ2) is 5.72. The van der Waals surface area contributed by atoms with Crippen LogP contribution in [0.25, 0.3) is 5.70 Å². The van der Waals surface area contributed by atoms with Gasteiger partial charge in [0.1, 0.15) is 0 Å². The molecular weight excluding hydrogens is 264 g/mol. The summed E-state index contributed by atoms with van der Waals surface area (Å²) < 4.78 is 1.02. The summed E-state index contributed by atoms with van der Waals surface area (Å²) >= 11 is 3.46. The Morgan fingerprint density at radius 2 is 2.19 bits per heavy atom. The van der Waals surface area contributed by atoms with E-state index in [0.717, 1.165) is 28.4 Å². The van der Waals surface area contributed by atoms with Crippen LogP contribution in [-0.2, 0) is 0 Å². The summed E-state index contributed by atoms with van der Waals surface area (Å²) in [4.78, 5) is 0. The van der Waals surface area contributed by atoms with Gasteiger partial charge in [0.05, 0.1) is 17.3 Å². The molecule has 2 N–H and O–H groups in total. The average Bonchev–Trinajstić information content (AvgIpc) is 2.28. The number of nitriles is 1. The Morgan fingerprint density at radius 1 is 1.50 bits per heavy atom. The molecule has 3 heteroatoms. The van der Waals surface area contributed by atoms with Crippen LogP contribution >= 0.6 is 15.9 Å². The lowest BCUT2D eigenvalue weighted by atomic mass is 10.0. The number of benzene rings is 1. The maximum atomic E-state index is 9.01.